The van der Waals surface area contributed by atoms with E-state index in [4.69, 9.17) is 14.8 Å². The molecule has 5 heterocycles. The lowest BCUT2D eigenvalue weighted by Crippen LogP contribution is -2.50. The maximum absolute atomic E-state index is 12.7. The normalized spacial score (nSPS) is 15.1. The highest BCUT2D eigenvalue weighted by Crippen LogP contribution is 2.37. The Morgan fingerprint density at radius 2 is 1.79 bits per heavy atom. The first-order valence-electron chi connectivity index (χ1n) is 14.1. The number of nitrogens with zero attached hydrogens (tertiary/aromatic N) is 8. The first kappa shape index (κ1) is 26.0. The summed E-state index contributed by atoms with van der Waals surface area (Å²) < 4.78 is 11.4. The molecule has 11 heteroatoms. The minimum absolute atomic E-state index is 0.0486. The number of fused-ring (bicyclic) bond motifs is 2. The molecule has 5 aromatic rings. The Balaban J connectivity index is 1.19. The molecular weight excluding hydrogens is 532 g/mol. The van der Waals surface area contributed by atoms with Gasteiger partial charge in [-0.05, 0) is 17.7 Å². The smallest absolute Gasteiger partial charge is 0.410 e. The predicted molar refractivity (Wildman–Crippen MR) is 156 cm³/mol. The first-order valence-corrected chi connectivity index (χ1v) is 14.1. The van der Waals surface area contributed by atoms with Crippen molar-refractivity contribution >= 4 is 22.9 Å². The zero-order valence-electron chi connectivity index (χ0n) is 23.9. The molecule has 7 rings (SSSR count). The van der Waals surface area contributed by atoms with Gasteiger partial charge in [0.2, 0.25) is 5.91 Å². The van der Waals surface area contributed by atoms with Gasteiger partial charge in [0, 0.05) is 69.9 Å². The molecule has 0 aliphatic carbocycles. The van der Waals surface area contributed by atoms with Crippen molar-refractivity contribution in [3.05, 3.63) is 78.0 Å². The Labute approximate surface area is 242 Å². The van der Waals surface area contributed by atoms with E-state index in [2.05, 4.69) is 27.9 Å². The third-order valence-corrected chi connectivity index (χ3v) is 8.29. The van der Waals surface area contributed by atoms with E-state index in [9.17, 15) is 9.59 Å². The minimum atomic E-state index is -0.312. The van der Waals surface area contributed by atoms with Gasteiger partial charge in [0.05, 0.1) is 35.6 Å². The monoisotopic (exact) mass is 564 g/mol. The maximum atomic E-state index is 12.7. The molecule has 214 valence electrons. The van der Waals surface area contributed by atoms with Crippen LogP contribution in [0.15, 0.2) is 60.9 Å². The van der Waals surface area contributed by atoms with Crippen molar-refractivity contribution in [1.29, 1.82) is 0 Å². The number of amides is 2. The lowest BCUT2D eigenvalue weighted by atomic mass is 10.00. The summed E-state index contributed by atoms with van der Waals surface area (Å²) in [6, 6.07) is 16.0. The van der Waals surface area contributed by atoms with Crippen LogP contribution in [0.3, 0.4) is 0 Å². The summed E-state index contributed by atoms with van der Waals surface area (Å²) in [7, 11) is 3.83. The molecule has 1 saturated heterocycles. The Bertz CT molecular complexity index is 1810. The fourth-order valence-corrected chi connectivity index (χ4v) is 5.98. The lowest BCUT2D eigenvalue weighted by molar-refractivity contribution is -0.130. The summed E-state index contributed by atoms with van der Waals surface area (Å²) in [6.45, 7) is 4.75. The van der Waals surface area contributed by atoms with Gasteiger partial charge in [0.25, 0.3) is 0 Å². The summed E-state index contributed by atoms with van der Waals surface area (Å²) in [4.78, 5) is 33.8. The largest absolute Gasteiger partial charge is 0.445 e. The Kier molecular flexibility index (Phi) is 6.29. The highest BCUT2D eigenvalue weighted by Gasteiger charge is 2.38. The third-order valence-electron chi connectivity index (χ3n) is 8.29. The van der Waals surface area contributed by atoms with Crippen LogP contribution in [0.2, 0.25) is 0 Å². The van der Waals surface area contributed by atoms with Crippen LogP contribution in [0, 0.1) is 0 Å². The van der Waals surface area contributed by atoms with E-state index in [1.165, 1.54) is 0 Å². The minimum Gasteiger partial charge on any atom is -0.445 e. The number of carbonyl (C=O) groups excluding carboxylic acids is 2. The van der Waals surface area contributed by atoms with Crippen LogP contribution < -0.4 is 0 Å². The molecule has 0 bridgehead atoms. The topological polar surface area (TPSA) is 103 Å². The van der Waals surface area contributed by atoms with Crippen LogP contribution >= 0.6 is 0 Å². The standard InChI is InChI=1S/C31H32N8O3/c1-20(40)37-11-12-39-27(18-37)29(22-9-10-26-25(13-22)28(34-36(26)3)23-14-32-35(2)15-23)33-30(39)24-16-38(17-24)31(41)42-19-21-7-5-4-6-8-21/h4-10,13-15,24H,11-12,16-19H2,1-3H3. The molecule has 3 aromatic heterocycles. The fourth-order valence-electron chi connectivity index (χ4n) is 5.98. The second-order valence-electron chi connectivity index (χ2n) is 11.1. The average Bonchev–Trinajstić information content (AvgIpc) is 3.66. The van der Waals surface area contributed by atoms with Gasteiger partial charge in [-0.25, -0.2) is 9.78 Å². The number of rotatable bonds is 5. The van der Waals surface area contributed by atoms with Crippen molar-refractivity contribution in [2.45, 2.75) is 32.5 Å². The van der Waals surface area contributed by atoms with Crippen molar-refractivity contribution < 1.29 is 14.3 Å². The van der Waals surface area contributed by atoms with Gasteiger partial charge < -0.3 is 19.1 Å². The lowest BCUT2D eigenvalue weighted by Gasteiger charge is -2.38. The summed E-state index contributed by atoms with van der Waals surface area (Å²) >= 11 is 0. The SMILES string of the molecule is CC(=O)N1CCn2c(C3CN(C(=O)OCc4ccccc4)C3)nc(-c3ccc4c(c3)c(-c3cnn(C)c3)nn4C)c2C1. The van der Waals surface area contributed by atoms with Gasteiger partial charge in [0.15, 0.2) is 0 Å². The molecule has 1 fully saturated rings. The Hall–Kier alpha value is -4.93. The summed E-state index contributed by atoms with van der Waals surface area (Å²) in [5, 5.41) is 10.1. The summed E-state index contributed by atoms with van der Waals surface area (Å²) in [5.41, 5.74) is 6.64. The Morgan fingerprint density at radius 3 is 2.52 bits per heavy atom. The van der Waals surface area contributed by atoms with Crippen LogP contribution in [0.1, 0.15) is 29.9 Å². The molecule has 11 nitrogen and oxygen atoms in total. The van der Waals surface area contributed by atoms with Gasteiger partial charge in [-0.1, -0.05) is 36.4 Å². The van der Waals surface area contributed by atoms with Gasteiger partial charge >= 0.3 is 6.09 Å². The molecule has 2 aromatic carbocycles. The van der Waals surface area contributed by atoms with Crippen molar-refractivity contribution in [2.75, 3.05) is 19.6 Å². The van der Waals surface area contributed by atoms with E-state index in [1.54, 1.807) is 16.5 Å². The van der Waals surface area contributed by atoms with E-state index in [0.29, 0.717) is 32.7 Å². The fraction of sp³-hybridized carbons (Fsp3) is 0.323. The second-order valence-corrected chi connectivity index (χ2v) is 11.1. The summed E-state index contributed by atoms with van der Waals surface area (Å²) in [6.07, 6.45) is 3.47. The van der Waals surface area contributed by atoms with Crippen molar-refractivity contribution in [3.63, 3.8) is 0 Å². The van der Waals surface area contributed by atoms with Crippen LogP contribution in [-0.4, -0.2) is 70.5 Å². The molecule has 42 heavy (non-hydrogen) atoms. The molecule has 0 N–H and O–H groups in total. The average molecular weight is 565 g/mol. The van der Waals surface area contributed by atoms with Crippen molar-refractivity contribution in [3.8, 4) is 22.5 Å². The number of carbonyl (C=O) groups is 2. The second kappa shape index (κ2) is 10.2. The highest BCUT2D eigenvalue weighted by molar-refractivity contribution is 5.96. The summed E-state index contributed by atoms with van der Waals surface area (Å²) in [5.74, 6) is 1.10. The molecule has 0 saturated carbocycles. The first-order chi connectivity index (χ1) is 20.4. The zero-order chi connectivity index (χ0) is 29.0. The van der Waals surface area contributed by atoms with Gasteiger partial charge in [-0.2, -0.15) is 10.2 Å². The van der Waals surface area contributed by atoms with Gasteiger partial charge in [-0.3, -0.25) is 14.2 Å². The molecular formula is C31H32N8O3. The Morgan fingerprint density at radius 1 is 0.976 bits per heavy atom. The molecule has 0 unspecified atom stereocenters. The van der Waals surface area contributed by atoms with Crippen molar-refractivity contribution in [1.82, 2.24) is 38.9 Å². The molecule has 2 amide bonds. The van der Waals surface area contributed by atoms with Crippen LogP contribution in [0.4, 0.5) is 4.79 Å². The zero-order valence-corrected chi connectivity index (χ0v) is 23.9. The molecule has 0 atom stereocenters. The number of hydrogen-bond donors (Lipinski definition) is 0. The predicted octanol–water partition coefficient (Wildman–Crippen LogP) is 3.94. The van der Waals surface area contributed by atoms with Gasteiger partial charge in [-0.15, -0.1) is 0 Å². The molecule has 0 radical (unpaired) electrons. The highest BCUT2D eigenvalue weighted by atomic mass is 16.6. The van der Waals surface area contributed by atoms with Crippen LogP contribution in [0.5, 0.6) is 0 Å². The van der Waals surface area contributed by atoms with E-state index in [1.807, 2.05) is 66.4 Å². The van der Waals surface area contributed by atoms with Crippen molar-refractivity contribution in [2.24, 2.45) is 14.1 Å². The number of imidazole rings is 1. The number of aryl methyl sites for hydroxylation is 2. The number of benzene rings is 2. The number of aromatic nitrogens is 6. The van der Waals surface area contributed by atoms with Gasteiger partial charge in [0.1, 0.15) is 18.1 Å². The molecule has 2 aliphatic rings. The van der Waals surface area contributed by atoms with E-state index in [0.717, 1.165) is 50.5 Å². The van der Waals surface area contributed by atoms with E-state index >= 15 is 0 Å². The molecule has 0 spiro atoms. The van der Waals surface area contributed by atoms with E-state index < -0.39 is 0 Å². The number of likely N-dealkylation sites (tertiary alicyclic amines) is 1. The number of ether oxygens (including phenoxy) is 1. The number of hydrogen-bond acceptors (Lipinski definition) is 6. The van der Waals surface area contributed by atoms with E-state index in [-0.39, 0.29) is 24.5 Å². The van der Waals surface area contributed by atoms with Crippen LogP contribution in [0.25, 0.3) is 33.4 Å². The maximum Gasteiger partial charge on any atom is 0.410 e. The quantitative estimate of drug-likeness (QED) is 0.321. The van der Waals surface area contributed by atoms with Crippen LogP contribution in [-0.2, 0) is 43.3 Å². The third kappa shape index (κ3) is 4.50. The molecule has 2 aliphatic heterocycles.